The smallest absolute Gasteiger partial charge is 0.323 e. The number of carbonyl (C=O) groups is 2. The largest absolute Gasteiger partial charge is 0.329 e. The Hall–Kier alpha value is -1.40. The lowest BCUT2D eigenvalue weighted by molar-refractivity contribution is -0.938. The molecule has 2 N–H and O–H groups in total. The summed E-state index contributed by atoms with van der Waals surface area (Å²) >= 11 is 1.82. The summed E-state index contributed by atoms with van der Waals surface area (Å²) in [6.45, 7) is 3.68. The van der Waals surface area contributed by atoms with Crippen molar-refractivity contribution in [3.63, 3.8) is 0 Å². The number of imide groups is 1. The Labute approximate surface area is 147 Å². The Kier molecular flexibility index (Phi) is 4.12. The van der Waals surface area contributed by atoms with Gasteiger partial charge < -0.3 is 10.2 Å². The van der Waals surface area contributed by atoms with Crippen molar-refractivity contribution in [1.29, 1.82) is 0 Å². The first-order chi connectivity index (χ1) is 11.6. The Morgan fingerprint density at radius 3 is 2.79 bits per heavy atom. The van der Waals surface area contributed by atoms with Crippen molar-refractivity contribution in [3.05, 3.63) is 21.9 Å². The first kappa shape index (κ1) is 16.1. The van der Waals surface area contributed by atoms with Crippen LogP contribution < -0.4 is 10.2 Å². The quantitative estimate of drug-likeness (QED) is 0.802. The van der Waals surface area contributed by atoms with Gasteiger partial charge >= 0.3 is 6.03 Å². The molecule has 0 radical (unpaired) electrons. The standard InChI is InChI=1S/C18H25N3O2S/c1-13-14-7-11-24-15(14)6-10-20(13)12-21-16(22)18(19-17(21)23)8-4-2-3-5-9-18/h7,11,13H,2-6,8-10,12H2,1H3,(H,19,23)/p+1/t13-/m1/s1. The van der Waals surface area contributed by atoms with Crippen LogP contribution in [0.25, 0.3) is 0 Å². The third kappa shape index (κ3) is 2.56. The van der Waals surface area contributed by atoms with E-state index >= 15 is 0 Å². The summed E-state index contributed by atoms with van der Waals surface area (Å²) in [5, 5.41) is 5.20. The van der Waals surface area contributed by atoms with Crippen molar-refractivity contribution in [1.82, 2.24) is 10.2 Å². The molecule has 2 atom stereocenters. The van der Waals surface area contributed by atoms with Crippen LogP contribution in [0.3, 0.4) is 0 Å². The van der Waals surface area contributed by atoms with Gasteiger partial charge in [-0.15, -0.1) is 11.3 Å². The zero-order valence-corrected chi connectivity index (χ0v) is 15.1. The van der Waals surface area contributed by atoms with Crippen LogP contribution in [-0.2, 0) is 11.2 Å². The molecule has 0 bridgehead atoms. The number of thiophene rings is 1. The van der Waals surface area contributed by atoms with Crippen molar-refractivity contribution in [2.24, 2.45) is 0 Å². The molecule has 1 saturated heterocycles. The molecule has 2 fully saturated rings. The molecule has 6 heteroatoms. The van der Waals surface area contributed by atoms with Gasteiger partial charge in [0.05, 0.1) is 6.54 Å². The van der Waals surface area contributed by atoms with Crippen LogP contribution in [0.5, 0.6) is 0 Å². The molecule has 3 heterocycles. The third-order valence-corrected chi connectivity index (χ3v) is 7.09. The van der Waals surface area contributed by atoms with E-state index in [0.29, 0.717) is 12.7 Å². The topological polar surface area (TPSA) is 53.9 Å². The predicted octanol–water partition coefficient (Wildman–Crippen LogP) is 1.85. The zero-order valence-electron chi connectivity index (χ0n) is 14.3. The second-order valence-corrected chi connectivity index (χ2v) is 8.50. The van der Waals surface area contributed by atoms with Gasteiger partial charge in [-0.3, -0.25) is 4.79 Å². The highest BCUT2D eigenvalue weighted by Crippen LogP contribution is 2.32. The van der Waals surface area contributed by atoms with E-state index in [2.05, 4.69) is 23.7 Å². The number of quaternary nitrogens is 1. The number of hydrogen-bond acceptors (Lipinski definition) is 3. The molecule has 3 aliphatic rings. The van der Waals surface area contributed by atoms with E-state index in [1.165, 1.54) is 33.1 Å². The number of urea groups is 1. The van der Waals surface area contributed by atoms with Gasteiger partial charge in [-0.1, -0.05) is 25.7 Å². The molecule has 0 aromatic carbocycles. The summed E-state index contributed by atoms with van der Waals surface area (Å²) in [4.78, 5) is 29.9. The van der Waals surface area contributed by atoms with Crippen molar-refractivity contribution < 1.29 is 14.5 Å². The Bertz CT molecular complexity index is 648. The molecule has 1 unspecified atom stereocenters. The molecule has 1 aliphatic carbocycles. The Balaban J connectivity index is 1.51. The van der Waals surface area contributed by atoms with Gasteiger partial charge in [-0.25, -0.2) is 9.69 Å². The van der Waals surface area contributed by atoms with Gasteiger partial charge in [0.1, 0.15) is 11.6 Å². The minimum atomic E-state index is -0.612. The first-order valence-corrected chi connectivity index (χ1v) is 10.0. The number of amides is 3. The van der Waals surface area contributed by atoms with E-state index in [0.717, 1.165) is 38.6 Å². The molecule has 1 aromatic rings. The second-order valence-electron chi connectivity index (χ2n) is 7.50. The lowest BCUT2D eigenvalue weighted by Gasteiger charge is -2.32. The average Bonchev–Trinajstić information content (AvgIpc) is 3.03. The van der Waals surface area contributed by atoms with Gasteiger partial charge in [0.15, 0.2) is 6.67 Å². The average molecular weight is 348 g/mol. The zero-order chi connectivity index (χ0) is 16.7. The summed E-state index contributed by atoms with van der Waals surface area (Å²) in [6, 6.07) is 2.35. The SMILES string of the molecule is C[C@@H]1c2ccsc2CC[NH+]1CN1C(=O)NC2(CCCCCC2)C1=O. The van der Waals surface area contributed by atoms with Crippen molar-refractivity contribution >= 4 is 23.3 Å². The van der Waals surface area contributed by atoms with E-state index in [1.807, 2.05) is 11.3 Å². The van der Waals surface area contributed by atoms with Gasteiger partial charge in [0, 0.05) is 16.9 Å². The number of rotatable bonds is 2. The van der Waals surface area contributed by atoms with Crippen LogP contribution in [0, 0.1) is 0 Å². The molecule has 5 nitrogen and oxygen atoms in total. The van der Waals surface area contributed by atoms with Gasteiger partial charge in [0.2, 0.25) is 0 Å². The van der Waals surface area contributed by atoms with Crippen molar-refractivity contribution in [2.45, 2.75) is 63.5 Å². The predicted molar refractivity (Wildman–Crippen MR) is 92.9 cm³/mol. The maximum atomic E-state index is 13.1. The molecule has 4 rings (SSSR count). The second kappa shape index (κ2) is 6.15. The minimum absolute atomic E-state index is 0.0187. The van der Waals surface area contributed by atoms with Crippen molar-refractivity contribution in [2.75, 3.05) is 13.2 Å². The lowest BCUT2D eigenvalue weighted by Crippen LogP contribution is -3.14. The Morgan fingerprint density at radius 1 is 1.29 bits per heavy atom. The molecule has 1 saturated carbocycles. The third-order valence-electron chi connectivity index (χ3n) is 6.10. The number of nitrogens with one attached hydrogen (secondary N) is 2. The summed E-state index contributed by atoms with van der Waals surface area (Å²) in [7, 11) is 0. The normalized spacial score (nSPS) is 29.5. The molecular formula is C18H26N3O2S+. The van der Waals surface area contributed by atoms with Crippen LogP contribution in [0.4, 0.5) is 4.79 Å². The first-order valence-electron chi connectivity index (χ1n) is 9.16. The van der Waals surface area contributed by atoms with Crippen molar-refractivity contribution in [3.8, 4) is 0 Å². The Morgan fingerprint density at radius 2 is 2.04 bits per heavy atom. The number of carbonyl (C=O) groups excluding carboxylic acids is 2. The fourth-order valence-corrected chi connectivity index (χ4v) is 5.54. The summed E-state index contributed by atoms with van der Waals surface area (Å²) in [5.74, 6) is 0.0187. The molecule has 1 spiro atoms. The lowest BCUT2D eigenvalue weighted by atomic mass is 9.90. The highest BCUT2D eigenvalue weighted by Gasteiger charge is 2.52. The van der Waals surface area contributed by atoms with E-state index in [-0.39, 0.29) is 11.9 Å². The highest BCUT2D eigenvalue weighted by molar-refractivity contribution is 7.10. The molecule has 2 aliphatic heterocycles. The van der Waals surface area contributed by atoms with Crippen LogP contribution in [0.1, 0.15) is 61.9 Å². The van der Waals surface area contributed by atoms with Gasteiger partial charge in [-0.05, 0) is 31.2 Å². The van der Waals surface area contributed by atoms with Crippen LogP contribution in [0.2, 0.25) is 0 Å². The minimum Gasteiger partial charge on any atom is -0.323 e. The van der Waals surface area contributed by atoms with Crippen LogP contribution in [0.15, 0.2) is 11.4 Å². The van der Waals surface area contributed by atoms with Gasteiger partial charge in [0.25, 0.3) is 5.91 Å². The van der Waals surface area contributed by atoms with E-state index in [9.17, 15) is 9.59 Å². The maximum absolute atomic E-state index is 13.1. The summed E-state index contributed by atoms with van der Waals surface area (Å²) in [6.07, 6.45) is 7.04. The monoisotopic (exact) mass is 348 g/mol. The van der Waals surface area contributed by atoms with Gasteiger partial charge in [-0.2, -0.15) is 0 Å². The maximum Gasteiger partial charge on any atom is 0.329 e. The highest BCUT2D eigenvalue weighted by atomic mass is 32.1. The molecule has 3 amide bonds. The fraction of sp³-hybridized carbons (Fsp3) is 0.667. The fourth-order valence-electron chi connectivity index (χ4n) is 4.56. The summed E-state index contributed by atoms with van der Waals surface area (Å²) in [5.41, 5.74) is 0.775. The molecule has 130 valence electrons. The van der Waals surface area contributed by atoms with E-state index in [4.69, 9.17) is 0 Å². The van der Waals surface area contributed by atoms with E-state index in [1.54, 1.807) is 0 Å². The molecule has 1 aromatic heterocycles. The molecular weight excluding hydrogens is 322 g/mol. The van der Waals surface area contributed by atoms with Crippen LogP contribution >= 0.6 is 11.3 Å². The number of hydrogen-bond donors (Lipinski definition) is 2. The molecule has 24 heavy (non-hydrogen) atoms. The number of fused-ring (bicyclic) bond motifs is 1. The van der Waals surface area contributed by atoms with Crippen LogP contribution in [-0.4, -0.2) is 35.6 Å². The number of nitrogens with zero attached hydrogens (tertiary/aromatic N) is 1. The summed E-state index contributed by atoms with van der Waals surface area (Å²) < 4.78 is 0. The van der Waals surface area contributed by atoms with E-state index < -0.39 is 5.54 Å².